The highest BCUT2D eigenvalue weighted by Crippen LogP contribution is 2.38. The Morgan fingerprint density at radius 2 is 1.91 bits per heavy atom. The van der Waals surface area contributed by atoms with Crippen LogP contribution < -0.4 is 9.47 Å². The lowest BCUT2D eigenvalue weighted by molar-refractivity contribution is -0.123. The van der Waals surface area contributed by atoms with Gasteiger partial charge >= 0.3 is 0 Å². The van der Waals surface area contributed by atoms with Gasteiger partial charge in [-0.05, 0) is 68.8 Å². The van der Waals surface area contributed by atoms with Gasteiger partial charge in [0.05, 0.1) is 11.5 Å². The molecular weight excluding hydrogens is 446 g/mol. The molecule has 2 aromatic carbocycles. The Bertz CT molecular complexity index is 1060. The van der Waals surface area contributed by atoms with Crippen molar-refractivity contribution in [2.45, 2.75) is 39.8 Å². The lowest BCUT2D eigenvalue weighted by Crippen LogP contribution is -2.34. The van der Waals surface area contributed by atoms with Crippen molar-refractivity contribution in [3.63, 3.8) is 0 Å². The Balaban J connectivity index is 1.97. The number of benzene rings is 2. The largest absolute Gasteiger partial charge is 0.490 e. The SMILES string of the molecule is C=CCc1cc(/C=C2/SC(=O)N(C(C)C)C2=O)cc(OCC)c1OCc1ccccc1Cl. The Morgan fingerprint density at radius 1 is 1.16 bits per heavy atom. The van der Waals surface area contributed by atoms with Gasteiger partial charge in [-0.3, -0.25) is 14.5 Å². The summed E-state index contributed by atoms with van der Waals surface area (Å²) >= 11 is 7.22. The number of nitrogens with zero attached hydrogens (tertiary/aromatic N) is 1. The lowest BCUT2D eigenvalue weighted by Gasteiger charge is -2.17. The number of imide groups is 1. The number of allylic oxidation sites excluding steroid dienone is 1. The van der Waals surface area contributed by atoms with Gasteiger partial charge in [-0.2, -0.15) is 0 Å². The quantitative estimate of drug-likeness (QED) is 0.309. The first-order valence-electron chi connectivity index (χ1n) is 10.4. The summed E-state index contributed by atoms with van der Waals surface area (Å²) in [6.07, 6.45) is 4.05. The molecule has 0 spiro atoms. The summed E-state index contributed by atoms with van der Waals surface area (Å²) in [6, 6.07) is 11.1. The molecule has 0 bridgehead atoms. The second kappa shape index (κ2) is 10.7. The molecule has 0 N–H and O–H groups in total. The summed E-state index contributed by atoms with van der Waals surface area (Å²) in [7, 11) is 0. The van der Waals surface area contributed by atoms with Gasteiger partial charge in [0.15, 0.2) is 11.5 Å². The topological polar surface area (TPSA) is 55.8 Å². The molecule has 32 heavy (non-hydrogen) atoms. The van der Waals surface area contributed by atoms with Crippen molar-refractivity contribution in [2.75, 3.05) is 6.61 Å². The predicted octanol–water partition coefficient (Wildman–Crippen LogP) is 6.49. The molecular formula is C25H26ClNO4S. The van der Waals surface area contributed by atoms with E-state index in [9.17, 15) is 9.59 Å². The fourth-order valence-electron chi connectivity index (χ4n) is 3.34. The first kappa shape index (κ1) is 24.0. The van der Waals surface area contributed by atoms with Gasteiger partial charge in [0.2, 0.25) is 0 Å². The Labute approximate surface area is 198 Å². The Hall–Kier alpha value is -2.70. The van der Waals surface area contributed by atoms with Crippen molar-refractivity contribution in [2.24, 2.45) is 0 Å². The number of amides is 2. The van der Waals surface area contributed by atoms with Crippen LogP contribution in [-0.2, 0) is 17.8 Å². The van der Waals surface area contributed by atoms with Crippen molar-refractivity contribution in [1.82, 2.24) is 4.90 Å². The van der Waals surface area contributed by atoms with Crippen LogP contribution in [0.1, 0.15) is 37.5 Å². The third-order valence-electron chi connectivity index (χ3n) is 4.79. The summed E-state index contributed by atoms with van der Waals surface area (Å²) in [4.78, 5) is 26.6. The van der Waals surface area contributed by atoms with Crippen LogP contribution in [-0.4, -0.2) is 28.7 Å². The second-order valence-electron chi connectivity index (χ2n) is 7.46. The molecule has 0 aromatic heterocycles. The van der Waals surface area contributed by atoms with Gasteiger partial charge in [-0.25, -0.2) is 0 Å². The van der Waals surface area contributed by atoms with Crippen molar-refractivity contribution >= 4 is 40.6 Å². The van der Waals surface area contributed by atoms with Crippen LogP contribution in [0.3, 0.4) is 0 Å². The minimum absolute atomic E-state index is 0.190. The summed E-state index contributed by atoms with van der Waals surface area (Å²) in [5.74, 6) is 0.893. The number of hydrogen-bond donors (Lipinski definition) is 0. The van der Waals surface area contributed by atoms with E-state index < -0.39 is 0 Å². The monoisotopic (exact) mass is 471 g/mol. The molecule has 1 saturated heterocycles. The third-order valence-corrected chi connectivity index (χ3v) is 6.04. The summed E-state index contributed by atoms with van der Waals surface area (Å²) in [5.41, 5.74) is 2.49. The molecule has 0 aliphatic carbocycles. The smallest absolute Gasteiger partial charge is 0.293 e. The molecule has 1 fully saturated rings. The zero-order chi connectivity index (χ0) is 23.3. The first-order chi connectivity index (χ1) is 15.3. The molecule has 5 nitrogen and oxygen atoms in total. The van der Waals surface area contributed by atoms with E-state index >= 15 is 0 Å². The average Bonchev–Trinajstić information content (AvgIpc) is 3.02. The van der Waals surface area contributed by atoms with Crippen LogP contribution in [0.2, 0.25) is 5.02 Å². The highest BCUT2D eigenvalue weighted by atomic mass is 35.5. The molecule has 0 atom stereocenters. The van der Waals surface area contributed by atoms with Crippen molar-refractivity contribution in [3.8, 4) is 11.5 Å². The van der Waals surface area contributed by atoms with E-state index in [4.69, 9.17) is 21.1 Å². The number of halogens is 1. The summed E-state index contributed by atoms with van der Waals surface area (Å²) in [5, 5.41) is 0.375. The minimum Gasteiger partial charge on any atom is -0.490 e. The maximum Gasteiger partial charge on any atom is 0.293 e. The molecule has 1 aliphatic rings. The zero-order valence-corrected chi connectivity index (χ0v) is 20.0. The van der Waals surface area contributed by atoms with E-state index in [1.165, 1.54) is 4.90 Å². The third kappa shape index (κ3) is 5.37. The standard InChI is InChI=1S/C25H26ClNO4S/c1-5-9-18-12-17(14-22-24(28)27(16(3)4)25(29)32-22)13-21(30-6-2)23(18)31-15-19-10-7-8-11-20(19)26/h5,7-8,10-14,16H,1,6,9,15H2,2-4H3/b22-14+. The van der Waals surface area contributed by atoms with Crippen molar-refractivity contribution in [3.05, 3.63) is 75.7 Å². The molecule has 1 aliphatic heterocycles. The van der Waals surface area contributed by atoms with Gasteiger partial charge in [-0.1, -0.05) is 35.9 Å². The van der Waals surface area contributed by atoms with E-state index in [2.05, 4.69) is 6.58 Å². The van der Waals surface area contributed by atoms with Gasteiger partial charge in [0, 0.05) is 22.2 Å². The number of carbonyl (C=O) groups is 2. The van der Waals surface area contributed by atoms with Crippen LogP contribution in [0.5, 0.6) is 11.5 Å². The molecule has 0 radical (unpaired) electrons. The highest BCUT2D eigenvalue weighted by Gasteiger charge is 2.36. The maximum absolute atomic E-state index is 12.7. The summed E-state index contributed by atoms with van der Waals surface area (Å²) < 4.78 is 12.0. The lowest BCUT2D eigenvalue weighted by atomic mass is 10.0. The molecule has 0 saturated carbocycles. The summed E-state index contributed by atoms with van der Waals surface area (Å²) in [6.45, 7) is 10.1. The zero-order valence-electron chi connectivity index (χ0n) is 18.4. The van der Waals surface area contributed by atoms with Crippen LogP contribution in [0, 0.1) is 0 Å². The van der Waals surface area contributed by atoms with Crippen LogP contribution in [0.15, 0.2) is 54.0 Å². The van der Waals surface area contributed by atoms with Gasteiger partial charge < -0.3 is 9.47 Å². The van der Waals surface area contributed by atoms with E-state index in [0.717, 1.165) is 28.5 Å². The molecule has 3 rings (SSSR count). The number of hydrogen-bond acceptors (Lipinski definition) is 5. The number of rotatable bonds is 9. The van der Waals surface area contributed by atoms with E-state index in [0.29, 0.717) is 34.5 Å². The fraction of sp³-hybridized carbons (Fsp3) is 0.280. The van der Waals surface area contributed by atoms with E-state index in [-0.39, 0.29) is 23.8 Å². The van der Waals surface area contributed by atoms with Crippen LogP contribution in [0.25, 0.3) is 6.08 Å². The minimum atomic E-state index is -0.280. The number of carbonyl (C=O) groups excluding carboxylic acids is 2. The first-order valence-corrected chi connectivity index (χ1v) is 11.6. The normalized spacial score (nSPS) is 15.0. The van der Waals surface area contributed by atoms with Crippen LogP contribution >= 0.6 is 23.4 Å². The molecule has 2 aromatic rings. The second-order valence-corrected chi connectivity index (χ2v) is 8.86. The van der Waals surface area contributed by atoms with Gasteiger partial charge in [0.25, 0.3) is 11.1 Å². The van der Waals surface area contributed by atoms with Crippen LogP contribution in [0.4, 0.5) is 4.79 Å². The van der Waals surface area contributed by atoms with Crippen molar-refractivity contribution < 1.29 is 19.1 Å². The van der Waals surface area contributed by atoms with E-state index in [1.807, 2.05) is 57.2 Å². The maximum atomic E-state index is 12.7. The number of ether oxygens (including phenoxy) is 2. The molecule has 168 valence electrons. The molecule has 2 amide bonds. The van der Waals surface area contributed by atoms with E-state index in [1.54, 1.807) is 12.2 Å². The van der Waals surface area contributed by atoms with Gasteiger partial charge in [-0.15, -0.1) is 6.58 Å². The molecule has 0 unspecified atom stereocenters. The Kier molecular flexibility index (Phi) is 8.04. The van der Waals surface area contributed by atoms with Crippen molar-refractivity contribution in [1.29, 1.82) is 0 Å². The Morgan fingerprint density at radius 3 is 2.53 bits per heavy atom. The predicted molar refractivity (Wildman–Crippen MR) is 130 cm³/mol. The molecule has 1 heterocycles. The number of thioether (sulfide) groups is 1. The molecule has 7 heteroatoms. The fourth-order valence-corrected chi connectivity index (χ4v) is 4.49. The highest BCUT2D eigenvalue weighted by molar-refractivity contribution is 8.18. The van der Waals surface area contributed by atoms with Gasteiger partial charge in [0.1, 0.15) is 6.61 Å². The average molecular weight is 472 g/mol.